The van der Waals surface area contributed by atoms with Crippen molar-refractivity contribution in [3.63, 3.8) is 0 Å². The number of allylic oxidation sites excluding steroid dienone is 1. The first-order valence-electron chi connectivity index (χ1n) is 4.74. The molecule has 0 radical (unpaired) electrons. The monoisotopic (exact) mass is 201 g/mol. The van der Waals surface area contributed by atoms with Gasteiger partial charge in [0.25, 0.3) is 0 Å². The molecule has 1 aliphatic rings. The highest BCUT2D eigenvalue weighted by Gasteiger charge is 2.23. The van der Waals surface area contributed by atoms with Gasteiger partial charge < -0.3 is 5.32 Å². The number of Topliss-reactive ketones (excluding diaryl/α,β-unsaturated/α-hetero) is 1. The Bertz CT molecular complexity index is 203. The highest BCUT2D eigenvalue weighted by Crippen LogP contribution is 2.14. The number of halogens is 1. The molecular formula is C10H16ClNO. The number of hydrogen-bond donors (Lipinski definition) is 1. The van der Waals surface area contributed by atoms with Crippen LogP contribution in [0.3, 0.4) is 0 Å². The highest BCUT2D eigenvalue weighted by molar-refractivity contribution is 6.17. The number of hydrogen-bond acceptors (Lipinski definition) is 2. The smallest absolute Gasteiger partial charge is 0.141 e. The van der Waals surface area contributed by atoms with Crippen molar-refractivity contribution in [2.45, 2.75) is 25.8 Å². The summed E-state index contributed by atoms with van der Waals surface area (Å²) in [5, 5.41) is 3.31. The maximum absolute atomic E-state index is 11.3. The maximum Gasteiger partial charge on any atom is 0.141 e. The number of carbonyl (C=O) groups is 1. The van der Waals surface area contributed by atoms with Gasteiger partial charge in [-0.05, 0) is 13.0 Å². The van der Waals surface area contributed by atoms with Gasteiger partial charge in [0.2, 0.25) is 0 Å². The van der Waals surface area contributed by atoms with E-state index in [1.54, 1.807) is 0 Å². The summed E-state index contributed by atoms with van der Waals surface area (Å²) in [6, 6.07) is 0.212. The van der Waals surface area contributed by atoms with Crippen molar-refractivity contribution < 1.29 is 4.79 Å². The Labute approximate surface area is 84.3 Å². The van der Waals surface area contributed by atoms with E-state index in [1.165, 1.54) is 0 Å². The second-order valence-corrected chi connectivity index (χ2v) is 3.79. The zero-order valence-corrected chi connectivity index (χ0v) is 8.68. The molecule has 0 spiro atoms. The Morgan fingerprint density at radius 2 is 2.46 bits per heavy atom. The van der Waals surface area contributed by atoms with Crippen molar-refractivity contribution in [3.05, 3.63) is 12.2 Å². The normalized spacial score (nSPS) is 28.0. The molecule has 0 aliphatic heterocycles. The molecule has 2 nitrogen and oxygen atoms in total. The van der Waals surface area contributed by atoms with E-state index in [-0.39, 0.29) is 12.0 Å². The molecule has 0 heterocycles. The second kappa shape index (κ2) is 5.40. The molecule has 1 aliphatic carbocycles. The van der Waals surface area contributed by atoms with Gasteiger partial charge in [0.1, 0.15) is 5.78 Å². The van der Waals surface area contributed by atoms with Crippen molar-refractivity contribution in [3.8, 4) is 0 Å². The first kappa shape index (κ1) is 10.7. The average Bonchev–Trinajstić information content (AvgIpc) is 2.13. The summed E-state index contributed by atoms with van der Waals surface area (Å²) in [6.45, 7) is 2.86. The number of ketones is 1. The first-order chi connectivity index (χ1) is 6.25. The van der Waals surface area contributed by atoms with Crippen LogP contribution in [0.15, 0.2) is 12.2 Å². The molecule has 0 aromatic rings. The Morgan fingerprint density at radius 3 is 3.15 bits per heavy atom. The fourth-order valence-electron chi connectivity index (χ4n) is 1.46. The maximum atomic E-state index is 11.3. The zero-order chi connectivity index (χ0) is 9.68. The van der Waals surface area contributed by atoms with E-state index >= 15 is 0 Å². The van der Waals surface area contributed by atoms with E-state index in [2.05, 4.69) is 11.4 Å². The molecule has 0 bridgehead atoms. The van der Waals surface area contributed by atoms with Crippen molar-refractivity contribution in [2.75, 3.05) is 12.4 Å². The summed E-state index contributed by atoms with van der Waals surface area (Å²) in [5.74, 6) is 1.11. The van der Waals surface area contributed by atoms with Crippen molar-refractivity contribution in [1.29, 1.82) is 0 Å². The minimum atomic E-state index is 0.111. The molecule has 0 aromatic carbocycles. The SMILES string of the molecule is CC1C(=O)CC=CC1NCCCCl. The van der Waals surface area contributed by atoms with Gasteiger partial charge in [-0.2, -0.15) is 0 Å². The van der Waals surface area contributed by atoms with Crippen LogP contribution in [0.4, 0.5) is 0 Å². The van der Waals surface area contributed by atoms with Crippen LogP contribution in [0.25, 0.3) is 0 Å². The molecule has 0 saturated carbocycles. The highest BCUT2D eigenvalue weighted by atomic mass is 35.5. The summed E-state index contributed by atoms with van der Waals surface area (Å²) >= 11 is 5.56. The molecule has 2 atom stereocenters. The first-order valence-corrected chi connectivity index (χ1v) is 5.28. The van der Waals surface area contributed by atoms with E-state index in [1.807, 2.05) is 13.0 Å². The summed E-state index contributed by atoms with van der Waals surface area (Å²) < 4.78 is 0. The van der Waals surface area contributed by atoms with Gasteiger partial charge in [0.15, 0.2) is 0 Å². The van der Waals surface area contributed by atoms with Crippen LogP contribution in [0.1, 0.15) is 19.8 Å². The Kier molecular flexibility index (Phi) is 4.46. The van der Waals surface area contributed by atoms with Gasteiger partial charge in [-0.1, -0.05) is 19.1 Å². The molecule has 0 amide bonds. The fraction of sp³-hybridized carbons (Fsp3) is 0.700. The van der Waals surface area contributed by atoms with Crippen LogP contribution in [0.2, 0.25) is 0 Å². The predicted octanol–water partition coefficient (Wildman–Crippen LogP) is 1.74. The van der Waals surface area contributed by atoms with Gasteiger partial charge in [-0.15, -0.1) is 11.6 Å². The van der Waals surface area contributed by atoms with E-state index in [9.17, 15) is 4.79 Å². The van der Waals surface area contributed by atoms with E-state index < -0.39 is 0 Å². The van der Waals surface area contributed by atoms with Gasteiger partial charge in [0, 0.05) is 24.3 Å². The molecule has 1 N–H and O–H groups in total. The van der Waals surface area contributed by atoms with Crippen molar-refractivity contribution in [2.24, 2.45) is 5.92 Å². The molecule has 13 heavy (non-hydrogen) atoms. The number of nitrogens with one attached hydrogen (secondary N) is 1. The topological polar surface area (TPSA) is 29.1 Å². The van der Waals surface area contributed by atoms with E-state index in [4.69, 9.17) is 11.6 Å². The minimum Gasteiger partial charge on any atom is -0.310 e. The third kappa shape index (κ3) is 3.12. The Balaban J connectivity index is 2.35. The summed E-state index contributed by atoms with van der Waals surface area (Å²) in [4.78, 5) is 11.3. The van der Waals surface area contributed by atoms with E-state index in [0.717, 1.165) is 13.0 Å². The predicted molar refractivity (Wildman–Crippen MR) is 55.1 cm³/mol. The van der Waals surface area contributed by atoms with Crippen molar-refractivity contribution in [1.82, 2.24) is 5.32 Å². The third-order valence-corrected chi connectivity index (χ3v) is 2.67. The number of rotatable bonds is 4. The number of alkyl halides is 1. The molecule has 0 fully saturated rings. The van der Waals surface area contributed by atoms with Crippen molar-refractivity contribution >= 4 is 17.4 Å². The molecule has 1 rings (SSSR count). The van der Waals surface area contributed by atoms with Crippen LogP contribution >= 0.6 is 11.6 Å². The quantitative estimate of drug-likeness (QED) is 0.427. The van der Waals surface area contributed by atoms with Gasteiger partial charge in [-0.3, -0.25) is 4.79 Å². The molecular weight excluding hydrogens is 186 g/mol. The molecule has 2 unspecified atom stereocenters. The summed E-state index contributed by atoms with van der Waals surface area (Å²) in [7, 11) is 0. The average molecular weight is 202 g/mol. The second-order valence-electron chi connectivity index (χ2n) is 3.41. The standard InChI is InChI=1S/C10H16ClNO/c1-8-9(12-7-3-6-11)4-2-5-10(8)13/h2,4,8-9,12H,3,5-7H2,1H3. The molecule has 3 heteroatoms. The van der Waals surface area contributed by atoms with Crippen LogP contribution in [-0.4, -0.2) is 24.2 Å². The minimum absolute atomic E-state index is 0.111. The van der Waals surface area contributed by atoms with Gasteiger partial charge in [0.05, 0.1) is 0 Å². The lowest BCUT2D eigenvalue weighted by Crippen LogP contribution is -2.39. The van der Waals surface area contributed by atoms with Gasteiger partial charge in [-0.25, -0.2) is 0 Å². The van der Waals surface area contributed by atoms with Crippen LogP contribution in [0.5, 0.6) is 0 Å². The molecule has 74 valence electrons. The Morgan fingerprint density at radius 1 is 1.69 bits per heavy atom. The third-order valence-electron chi connectivity index (χ3n) is 2.40. The van der Waals surface area contributed by atoms with Crippen LogP contribution in [0, 0.1) is 5.92 Å². The lowest BCUT2D eigenvalue weighted by Gasteiger charge is -2.24. The van der Waals surface area contributed by atoms with Crippen LogP contribution in [-0.2, 0) is 4.79 Å². The molecule has 0 aromatic heterocycles. The Hall–Kier alpha value is -0.340. The lowest BCUT2D eigenvalue weighted by molar-refractivity contribution is -0.122. The van der Waals surface area contributed by atoms with Gasteiger partial charge >= 0.3 is 0 Å². The number of carbonyl (C=O) groups excluding carboxylic acids is 1. The fourth-order valence-corrected chi connectivity index (χ4v) is 1.60. The lowest BCUT2D eigenvalue weighted by atomic mass is 9.90. The molecule has 0 saturated heterocycles. The summed E-state index contributed by atoms with van der Waals surface area (Å²) in [5.41, 5.74) is 0. The zero-order valence-electron chi connectivity index (χ0n) is 7.92. The van der Waals surface area contributed by atoms with E-state index in [0.29, 0.717) is 18.1 Å². The summed E-state index contributed by atoms with van der Waals surface area (Å²) in [6.07, 6.45) is 5.57. The van der Waals surface area contributed by atoms with Crippen LogP contribution < -0.4 is 5.32 Å². The largest absolute Gasteiger partial charge is 0.310 e.